The van der Waals surface area contributed by atoms with E-state index in [1.807, 2.05) is 6.92 Å². The zero-order valence-corrected chi connectivity index (χ0v) is 9.72. The van der Waals surface area contributed by atoms with E-state index in [4.69, 9.17) is 22.8 Å². The van der Waals surface area contributed by atoms with E-state index in [1.54, 1.807) is 12.1 Å². The Kier molecular flexibility index (Phi) is 5.10. The fraction of sp³-hybridized carbons (Fsp3) is 0.333. The number of benzene rings is 1. The highest BCUT2D eigenvalue weighted by Gasteiger charge is 2.10. The highest BCUT2D eigenvalue weighted by molar-refractivity contribution is 6.30. The third-order valence-corrected chi connectivity index (χ3v) is 2.20. The van der Waals surface area contributed by atoms with E-state index in [0.717, 1.165) is 0 Å². The molecule has 0 saturated heterocycles. The fourth-order valence-electron chi connectivity index (χ4n) is 1.18. The Morgan fingerprint density at radius 2 is 2.38 bits per heavy atom. The van der Waals surface area contributed by atoms with Gasteiger partial charge >= 0.3 is 0 Å². The van der Waals surface area contributed by atoms with Crippen molar-refractivity contribution < 1.29 is 9.13 Å². The molecule has 1 atom stereocenters. The molecule has 1 rings (SSSR count). The molecule has 0 aliphatic rings. The predicted octanol–water partition coefficient (Wildman–Crippen LogP) is 2.47. The van der Waals surface area contributed by atoms with Crippen LogP contribution >= 0.6 is 11.6 Å². The number of ether oxygens (including phenoxy) is 1. The minimum atomic E-state index is -0.534. The summed E-state index contributed by atoms with van der Waals surface area (Å²) in [6.07, 6.45) is 4.90. The highest BCUT2D eigenvalue weighted by atomic mass is 35.5. The van der Waals surface area contributed by atoms with E-state index in [-0.39, 0.29) is 16.9 Å². The fourth-order valence-corrected chi connectivity index (χ4v) is 1.35. The van der Waals surface area contributed by atoms with Gasteiger partial charge in [-0.25, -0.2) is 4.39 Å². The van der Waals surface area contributed by atoms with Crippen LogP contribution in [0.1, 0.15) is 6.92 Å². The molecule has 0 bridgehead atoms. The Morgan fingerprint density at radius 1 is 1.62 bits per heavy atom. The smallest absolute Gasteiger partial charge is 0.183 e. The van der Waals surface area contributed by atoms with Gasteiger partial charge in [-0.1, -0.05) is 23.6 Å². The van der Waals surface area contributed by atoms with Crippen LogP contribution in [0.3, 0.4) is 0 Å². The number of nitrogens with one attached hydrogen (secondary N) is 1. The van der Waals surface area contributed by atoms with Crippen molar-refractivity contribution in [1.82, 2.24) is 5.32 Å². The van der Waals surface area contributed by atoms with Crippen LogP contribution in [0.4, 0.5) is 4.39 Å². The SMILES string of the molecule is C#CCNCC(C)Oc1cccc(Cl)c1F. The zero-order valence-electron chi connectivity index (χ0n) is 8.97. The van der Waals surface area contributed by atoms with Gasteiger partial charge in [0.05, 0.1) is 11.6 Å². The Morgan fingerprint density at radius 3 is 3.06 bits per heavy atom. The molecule has 0 aromatic heterocycles. The summed E-state index contributed by atoms with van der Waals surface area (Å²) in [5.74, 6) is 2.07. The lowest BCUT2D eigenvalue weighted by Crippen LogP contribution is -2.29. The predicted molar refractivity (Wildman–Crippen MR) is 63.2 cm³/mol. The Labute approximate surface area is 99.8 Å². The summed E-state index contributed by atoms with van der Waals surface area (Å²) < 4.78 is 18.8. The summed E-state index contributed by atoms with van der Waals surface area (Å²) >= 11 is 5.63. The van der Waals surface area contributed by atoms with Gasteiger partial charge < -0.3 is 10.1 Å². The van der Waals surface area contributed by atoms with Gasteiger partial charge in [0.2, 0.25) is 0 Å². The summed E-state index contributed by atoms with van der Waals surface area (Å²) in [5, 5.41) is 3.03. The molecule has 2 nitrogen and oxygen atoms in total. The first kappa shape index (κ1) is 12.8. The van der Waals surface area contributed by atoms with Crippen molar-refractivity contribution in [3.05, 3.63) is 29.0 Å². The summed E-state index contributed by atoms with van der Waals surface area (Å²) in [7, 11) is 0. The third kappa shape index (κ3) is 3.73. The molecular formula is C12H13ClFNO. The molecule has 1 unspecified atom stereocenters. The largest absolute Gasteiger partial charge is 0.486 e. The van der Waals surface area contributed by atoms with Gasteiger partial charge in [0.15, 0.2) is 11.6 Å². The molecule has 0 fully saturated rings. The second-order valence-electron chi connectivity index (χ2n) is 3.32. The van der Waals surface area contributed by atoms with E-state index in [1.165, 1.54) is 6.07 Å². The van der Waals surface area contributed by atoms with Crippen LogP contribution in [0.25, 0.3) is 0 Å². The van der Waals surface area contributed by atoms with Crippen LogP contribution in [0.2, 0.25) is 5.02 Å². The molecule has 0 aliphatic carbocycles. The average Bonchev–Trinajstić information content (AvgIpc) is 2.25. The van der Waals surface area contributed by atoms with Crippen LogP contribution in [-0.4, -0.2) is 19.2 Å². The van der Waals surface area contributed by atoms with Gasteiger partial charge in [-0.2, -0.15) is 0 Å². The van der Waals surface area contributed by atoms with E-state index in [9.17, 15) is 4.39 Å². The number of rotatable bonds is 5. The van der Waals surface area contributed by atoms with Crippen molar-refractivity contribution in [2.24, 2.45) is 0 Å². The zero-order chi connectivity index (χ0) is 12.0. The lowest BCUT2D eigenvalue weighted by Gasteiger charge is -2.15. The molecule has 0 spiro atoms. The lowest BCUT2D eigenvalue weighted by molar-refractivity contribution is 0.210. The number of hydrogen-bond acceptors (Lipinski definition) is 2. The molecule has 86 valence electrons. The standard InChI is InChI=1S/C12H13ClFNO/c1-3-7-15-8-9(2)16-11-6-4-5-10(13)12(11)14/h1,4-6,9,15H,7-8H2,2H3. The second kappa shape index (κ2) is 6.37. The van der Waals surface area contributed by atoms with Gasteiger partial charge in [0.25, 0.3) is 0 Å². The monoisotopic (exact) mass is 241 g/mol. The van der Waals surface area contributed by atoms with Crippen LogP contribution < -0.4 is 10.1 Å². The maximum Gasteiger partial charge on any atom is 0.183 e. The molecule has 0 amide bonds. The van der Waals surface area contributed by atoms with Crippen molar-refractivity contribution in [2.75, 3.05) is 13.1 Å². The van der Waals surface area contributed by atoms with Gasteiger partial charge in [-0.05, 0) is 19.1 Å². The molecule has 1 aromatic carbocycles. The maximum absolute atomic E-state index is 13.4. The average molecular weight is 242 g/mol. The van der Waals surface area contributed by atoms with E-state index in [2.05, 4.69) is 11.2 Å². The molecule has 1 aromatic rings. The van der Waals surface area contributed by atoms with Gasteiger partial charge in [-0.15, -0.1) is 6.42 Å². The lowest BCUT2D eigenvalue weighted by atomic mass is 10.3. The maximum atomic E-state index is 13.4. The van der Waals surface area contributed by atoms with Crippen molar-refractivity contribution in [3.8, 4) is 18.1 Å². The van der Waals surface area contributed by atoms with E-state index < -0.39 is 5.82 Å². The first-order valence-corrected chi connectivity index (χ1v) is 5.27. The topological polar surface area (TPSA) is 21.3 Å². The van der Waals surface area contributed by atoms with Crippen molar-refractivity contribution in [3.63, 3.8) is 0 Å². The van der Waals surface area contributed by atoms with Gasteiger partial charge in [-0.3, -0.25) is 0 Å². The molecule has 16 heavy (non-hydrogen) atoms. The molecular weight excluding hydrogens is 229 g/mol. The van der Waals surface area contributed by atoms with Crippen LogP contribution in [-0.2, 0) is 0 Å². The van der Waals surface area contributed by atoms with Crippen molar-refractivity contribution in [1.29, 1.82) is 0 Å². The number of halogens is 2. The van der Waals surface area contributed by atoms with Gasteiger partial charge in [0.1, 0.15) is 6.10 Å². The summed E-state index contributed by atoms with van der Waals surface area (Å²) in [6.45, 7) is 2.84. The first-order chi connectivity index (χ1) is 7.65. The highest BCUT2D eigenvalue weighted by Crippen LogP contribution is 2.24. The Balaban J connectivity index is 2.53. The Hall–Kier alpha value is -1.24. The first-order valence-electron chi connectivity index (χ1n) is 4.90. The molecule has 0 aliphatic heterocycles. The summed E-state index contributed by atoms with van der Waals surface area (Å²) in [5.41, 5.74) is 0. The number of terminal acetylenes is 1. The quantitative estimate of drug-likeness (QED) is 0.632. The van der Waals surface area contributed by atoms with E-state index in [0.29, 0.717) is 13.1 Å². The summed E-state index contributed by atoms with van der Waals surface area (Å²) in [4.78, 5) is 0. The normalized spacial score (nSPS) is 11.9. The minimum absolute atomic E-state index is 0.0567. The van der Waals surface area contributed by atoms with Crippen molar-refractivity contribution in [2.45, 2.75) is 13.0 Å². The van der Waals surface area contributed by atoms with Gasteiger partial charge in [0, 0.05) is 6.54 Å². The van der Waals surface area contributed by atoms with Crippen LogP contribution in [0.15, 0.2) is 18.2 Å². The molecule has 0 radical (unpaired) electrons. The molecule has 0 heterocycles. The molecule has 1 N–H and O–H groups in total. The van der Waals surface area contributed by atoms with Crippen LogP contribution in [0.5, 0.6) is 5.75 Å². The minimum Gasteiger partial charge on any atom is -0.486 e. The third-order valence-electron chi connectivity index (χ3n) is 1.90. The molecule has 4 heteroatoms. The number of hydrogen-bond donors (Lipinski definition) is 1. The van der Waals surface area contributed by atoms with Crippen molar-refractivity contribution >= 4 is 11.6 Å². The van der Waals surface area contributed by atoms with Crippen LogP contribution in [0, 0.1) is 18.2 Å². The van der Waals surface area contributed by atoms with E-state index >= 15 is 0 Å². The summed E-state index contributed by atoms with van der Waals surface area (Å²) in [6, 6.07) is 4.66. The second-order valence-corrected chi connectivity index (χ2v) is 3.72. The Bertz CT molecular complexity index is 389. The molecule has 0 saturated carbocycles.